The number of benzene rings is 1. The number of likely N-dealkylation sites (N-methyl/N-ethyl adjacent to an activating group) is 1. The molecule has 2 aromatic rings. The molecule has 0 saturated carbocycles. The van der Waals surface area contributed by atoms with Crippen LogP contribution in [0, 0.1) is 6.92 Å². The Hall–Kier alpha value is -2.87. The van der Waals surface area contributed by atoms with E-state index in [1.54, 1.807) is 20.1 Å². The summed E-state index contributed by atoms with van der Waals surface area (Å²) in [5, 5.41) is 6.01. The molecule has 0 atom stereocenters. The van der Waals surface area contributed by atoms with Gasteiger partial charge in [0.15, 0.2) is 0 Å². The van der Waals surface area contributed by atoms with Gasteiger partial charge >= 0.3 is 0 Å². The van der Waals surface area contributed by atoms with Crippen LogP contribution in [-0.4, -0.2) is 68.2 Å². The number of methoxy groups -OCH3 is 1. The number of aryl methyl sites for hydroxylation is 1. The molecule has 1 aromatic carbocycles. The maximum absolute atomic E-state index is 12.2. The lowest BCUT2D eigenvalue weighted by atomic mass is 10.3. The summed E-state index contributed by atoms with van der Waals surface area (Å²) >= 11 is 0. The third-order valence-corrected chi connectivity index (χ3v) is 3.65. The Morgan fingerprint density at radius 1 is 1.11 bits per heavy atom. The van der Waals surface area contributed by atoms with Crippen LogP contribution in [0.2, 0.25) is 0 Å². The van der Waals surface area contributed by atoms with Crippen LogP contribution in [0.5, 0.6) is 11.5 Å². The average molecular weight is 373 g/mol. The second-order valence-electron chi connectivity index (χ2n) is 6.20. The quantitative estimate of drug-likeness (QED) is 0.611. The van der Waals surface area contributed by atoms with E-state index in [2.05, 4.69) is 20.6 Å². The molecular weight excluding hydrogens is 346 g/mol. The van der Waals surface area contributed by atoms with Gasteiger partial charge in [-0.1, -0.05) is 0 Å². The van der Waals surface area contributed by atoms with E-state index in [0.717, 1.165) is 18.0 Å². The molecule has 8 nitrogen and oxygen atoms in total. The molecular formula is C19H27N5O3. The molecule has 27 heavy (non-hydrogen) atoms. The van der Waals surface area contributed by atoms with Crippen LogP contribution >= 0.6 is 0 Å². The zero-order chi connectivity index (χ0) is 19.6. The summed E-state index contributed by atoms with van der Waals surface area (Å²) in [6, 6.07) is 9.04. The summed E-state index contributed by atoms with van der Waals surface area (Å²) in [4.78, 5) is 22.7. The number of rotatable bonds is 10. The van der Waals surface area contributed by atoms with E-state index in [-0.39, 0.29) is 5.91 Å². The number of hydrogen-bond acceptors (Lipinski definition) is 7. The number of nitrogens with one attached hydrogen (secondary N) is 2. The fourth-order valence-electron chi connectivity index (χ4n) is 2.28. The SMILES string of the molecule is COc1ccc(OCCNc2cc(C(=O)NCCN(C)C)nc(C)n2)cc1. The first-order valence-corrected chi connectivity index (χ1v) is 8.77. The molecule has 1 aromatic heterocycles. The van der Waals surface area contributed by atoms with E-state index in [1.165, 1.54) is 0 Å². The van der Waals surface area contributed by atoms with Crippen molar-refractivity contribution in [3.05, 3.63) is 41.9 Å². The van der Waals surface area contributed by atoms with Crippen LogP contribution in [0.15, 0.2) is 30.3 Å². The van der Waals surface area contributed by atoms with Crippen molar-refractivity contribution in [2.75, 3.05) is 52.8 Å². The summed E-state index contributed by atoms with van der Waals surface area (Å²) < 4.78 is 10.8. The van der Waals surface area contributed by atoms with Gasteiger partial charge in [0, 0.05) is 19.2 Å². The van der Waals surface area contributed by atoms with Crippen molar-refractivity contribution in [3.8, 4) is 11.5 Å². The molecule has 0 saturated heterocycles. The molecule has 0 aliphatic carbocycles. The summed E-state index contributed by atoms with van der Waals surface area (Å²) in [6.07, 6.45) is 0. The molecule has 0 radical (unpaired) electrons. The predicted molar refractivity (Wildman–Crippen MR) is 105 cm³/mol. The highest BCUT2D eigenvalue weighted by molar-refractivity contribution is 5.92. The second kappa shape index (κ2) is 10.3. The lowest BCUT2D eigenvalue weighted by Gasteiger charge is -2.12. The number of nitrogens with zero attached hydrogens (tertiary/aromatic N) is 3. The van der Waals surface area contributed by atoms with Crippen molar-refractivity contribution in [2.45, 2.75) is 6.92 Å². The molecule has 0 fully saturated rings. The number of ether oxygens (including phenoxy) is 2. The Morgan fingerprint density at radius 2 is 1.81 bits per heavy atom. The lowest BCUT2D eigenvalue weighted by molar-refractivity contribution is 0.0945. The third-order valence-electron chi connectivity index (χ3n) is 3.65. The van der Waals surface area contributed by atoms with Crippen molar-refractivity contribution < 1.29 is 14.3 Å². The van der Waals surface area contributed by atoms with Gasteiger partial charge in [0.25, 0.3) is 5.91 Å². The summed E-state index contributed by atoms with van der Waals surface area (Å²) in [5.41, 5.74) is 0.347. The van der Waals surface area contributed by atoms with Crippen molar-refractivity contribution in [3.63, 3.8) is 0 Å². The van der Waals surface area contributed by atoms with Gasteiger partial charge in [0.05, 0.1) is 13.7 Å². The topological polar surface area (TPSA) is 88.6 Å². The number of anilines is 1. The number of amides is 1. The van der Waals surface area contributed by atoms with Gasteiger partial charge in [-0.05, 0) is 45.3 Å². The van der Waals surface area contributed by atoms with Gasteiger partial charge in [-0.3, -0.25) is 4.79 Å². The fraction of sp³-hybridized carbons (Fsp3) is 0.421. The standard InChI is InChI=1S/C19H27N5O3/c1-14-22-17(19(25)21-9-11-24(2)3)13-18(23-14)20-10-12-27-16-7-5-15(26-4)6-8-16/h5-8,13H,9-12H2,1-4H3,(H,21,25)(H,20,22,23). The first-order valence-electron chi connectivity index (χ1n) is 8.77. The molecule has 0 aliphatic heterocycles. The van der Waals surface area contributed by atoms with Gasteiger partial charge in [-0.25, -0.2) is 9.97 Å². The Bertz CT molecular complexity index is 735. The van der Waals surface area contributed by atoms with Crippen LogP contribution < -0.4 is 20.1 Å². The maximum Gasteiger partial charge on any atom is 0.270 e. The van der Waals surface area contributed by atoms with Crippen molar-refractivity contribution in [1.29, 1.82) is 0 Å². The second-order valence-corrected chi connectivity index (χ2v) is 6.20. The average Bonchev–Trinajstić information content (AvgIpc) is 2.65. The molecule has 146 valence electrons. The van der Waals surface area contributed by atoms with Crippen molar-refractivity contribution >= 4 is 11.7 Å². The molecule has 0 spiro atoms. The Labute approximate surface area is 159 Å². The van der Waals surface area contributed by atoms with Gasteiger partial charge in [-0.15, -0.1) is 0 Å². The van der Waals surface area contributed by atoms with Gasteiger partial charge in [0.1, 0.15) is 35.4 Å². The molecule has 8 heteroatoms. The molecule has 0 aliphatic rings. The van der Waals surface area contributed by atoms with Crippen LogP contribution in [0.4, 0.5) is 5.82 Å². The summed E-state index contributed by atoms with van der Waals surface area (Å²) in [7, 11) is 5.54. The smallest absolute Gasteiger partial charge is 0.270 e. The largest absolute Gasteiger partial charge is 0.497 e. The highest BCUT2D eigenvalue weighted by atomic mass is 16.5. The van der Waals surface area contributed by atoms with Crippen LogP contribution in [0.25, 0.3) is 0 Å². The molecule has 1 heterocycles. The number of carbonyl (C=O) groups excluding carboxylic acids is 1. The lowest BCUT2D eigenvalue weighted by Crippen LogP contribution is -2.32. The Morgan fingerprint density at radius 3 is 2.48 bits per heavy atom. The first kappa shape index (κ1) is 20.4. The molecule has 2 N–H and O–H groups in total. The minimum atomic E-state index is -0.208. The minimum absolute atomic E-state index is 0.208. The van der Waals surface area contributed by atoms with E-state index in [1.807, 2.05) is 43.3 Å². The van der Waals surface area contributed by atoms with E-state index in [9.17, 15) is 4.79 Å². The van der Waals surface area contributed by atoms with Crippen molar-refractivity contribution in [2.24, 2.45) is 0 Å². The van der Waals surface area contributed by atoms with E-state index >= 15 is 0 Å². The van der Waals surface area contributed by atoms with Gasteiger partial charge < -0.3 is 25.0 Å². The summed E-state index contributed by atoms with van der Waals surface area (Å²) in [6.45, 7) is 4.09. The fourth-order valence-corrected chi connectivity index (χ4v) is 2.28. The maximum atomic E-state index is 12.2. The summed E-state index contributed by atoms with van der Waals surface area (Å²) in [5.74, 6) is 2.47. The third kappa shape index (κ3) is 7.10. The van der Waals surface area contributed by atoms with Gasteiger partial charge in [-0.2, -0.15) is 0 Å². The number of hydrogen-bond donors (Lipinski definition) is 2. The zero-order valence-corrected chi connectivity index (χ0v) is 16.3. The van der Waals surface area contributed by atoms with E-state index in [0.29, 0.717) is 37.0 Å². The molecule has 0 bridgehead atoms. The highest BCUT2D eigenvalue weighted by Gasteiger charge is 2.10. The van der Waals surface area contributed by atoms with E-state index in [4.69, 9.17) is 9.47 Å². The Kier molecular flexibility index (Phi) is 7.81. The Balaban J connectivity index is 1.83. The monoisotopic (exact) mass is 373 g/mol. The van der Waals surface area contributed by atoms with E-state index < -0.39 is 0 Å². The van der Waals surface area contributed by atoms with Crippen LogP contribution in [0.3, 0.4) is 0 Å². The predicted octanol–water partition coefficient (Wildman–Crippen LogP) is 1.58. The number of carbonyl (C=O) groups is 1. The van der Waals surface area contributed by atoms with Crippen LogP contribution in [0.1, 0.15) is 16.3 Å². The number of aromatic nitrogens is 2. The minimum Gasteiger partial charge on any atom is -0.497 e. The van der Waals surface area contributed by atoms with Gasteiger partial charge in [0.2, 0.25) is 0 Å². The first-order chi connectivity index (χ1) is 13.0. The van der Waals surface area contributed by atoms with Crippen LogP contribution in [-0.2, 0) is 0 Å². The molecule has 2 rings (SSSR count). The molecule has 1 amide bonds. The highest BCUT2D eigenvalue weighted by Crippen LogP contribution is 2.16. The van der Waals surface area contributed by atoms with Crippen molar-refractivity contribution in [1.82, 2.24) is 20.2 Å². The zero-order valence-electron chi connectivity index (χ0n) is 16.3. The molecule has 0 unspecified atom stereocenters. The normalized spacial score (nSPS) is 10.6.